The van der Waals surface area contributed by atoms with E-state index in [1.807, 2.05) is 6.92 Å². The molecule has 90 valence electrons. The van der Waals surface area contributed by atoms with Crippen molar-refractivity contribution in [2.24, 2.45) is 0 Å². The summed E-state index contributed by atoms with van der Waals surface area (Å²) in [4.78, 5) is 8.86. The van der Waals surface area contributed by atoms with E-state index in [2.05, 4.69) is 21.2 Å². The molecular weight excluding hydrogens is 234 g/mol. The zero-order valence-corrected chi connectivity index (χ0v) is 10.7. The molecule has 0 amide bonds. The fourth-order valence-electron chi connectivity index (χ4n) is 1.60. The zero-order valence-electron chi connectivity index (χ0n) is 9.96. The molecule has 1 fully saturated rings. The van der Waals surface area contributed by atoms with Crippen molar-refractivity contribution in [2.75, 3.05) is 11.9 Å². The van der Waals surface area contributed by atoms with E-state index in [4.69, 9.17) is 18.0 Å². The second-order valence-electron chi connectivity index (χ2n) is 4.35. The third-order valence-electron chi connectivity index (χ3n) is 2.84. The highest BCUT2D eigenvalue weighted by atomic mass is 35.5. The number of unbranched alkanes of at least 4 members (excludes halogenated alkanes) is 1. The van der Waals surface area contributed by atoms with Gasteiger partial charge < -0.3 is 5.32 Å². The lowest BCUT2D eigenvalue weighted by Gasteiger charge is -2.10. The number of hydrogen-bond acceptors (Lipinski definition) is 3. The van der Waals surface area contributed by atoms with Gasteiger partial charge in [-0.25, -0.2) is 9.97 Å². The Balaban J connectivity index is 2.06. The lowest BCUT2D eigenvalue weighted by molar-refractivity contribution is 0.875. The van der Waals surface area contributed by atoms with Gasteiger partial charge in [-0.3, -0.25) is 0 Å². The highest BCUT2D eigenvalue weighted by Crippen LogP contribution is 2.39. The summed E-state index contributed by atoms with van der Waals surface area (Å²) in [6, 6.07) is 0. The SMILES string of the molecule is C#CCCCNc1nc(C2CC2)nc(Cl)c1C. The third-order valence-corrected chi connectivity index (χ3v) is 3.20. The van der Waals surface area contributed by atoms with Gasteiger partial charge >= 0.3 is 0 Å². The number of hydrogen-bond donors (Lipinski definition) is 1. The van der Waals surface area contributed by atoms with Gasteiger partial charge in [-0.15, -0.1) is 12.3 Å². The molecule has 0 aliphatic heterocycles. The summed E-state index contributed by atoms with van der Waals surface area (Å²) in [7, 11) is 0. The van der Waals surface area contributed by atoms with Gasteiger partial charge in [0.25, 0.3) is 0 Å². The fraction of sp³-hybridized carbons (Fsp3) is 0.538. The van der Waals surface area contributed by atoms with E-state index in [0.717, 1.165) is 36.6 Å². The number of anilines is 1. The second-order valence-corrected chi connectivity index (χ2v) is 4.71. The Morgan fingerprint density at radius 1 is 1.47 bits per heavy atom. The minimum Gasteiger partial charge on any atom is -0.370 e. The van der Waals surface area contributed by atoms with Gasteiger partial charge in [-0.05, 0) is 26.2 Å². The highest BCUT2D eigenvalue weighted by Gasteiger charge is 2.27. The minimum absolute atomic E-state index is 0.513. The number of halogens is 1. The van der Waals surface area contributed by atoms with E-state index in [1.165, 1.54) is 12.8 Å². The monoisotopic (exact) mass is 249 g/mol. The molecule has 2 rings (SSSR count). The Morgan fingerprint density at radius 3 is 2.88 bits per heavy atom. The van der Waals surface area contributed by atoms with Crippen molar-refractivity contribution in [3.63, 3.8) is 0 Å². The smallest absolute Gasteiger partial charge is 0.137 e. The van der Waals surface area contributed by atoms with Crippen LogP contribution in [0, 0.1) is 19.3 Å². The summed E-state index contributed by atoms with van der Waals surface area (Å²) >= 11 is 6.11. The van der Waals surface area contributed by atoms with Crippen molar-refractivity contribution in [1.29, 1.82) is 0 Å². The molecule has 1 saturated carbocycles. The second kappa shape index (κ2) is 5.37. The van der Waals surface area contributed by atoms with Crippen LogP contribution in [0.1, 0.15) is 43.0 Å². The summed E-state index contributed by atoms with van der Waals surface area (Å²) in [5, 5.41) is 3.84. The van der Waals surface area contributed by atoms with E-state index in [0.29, 0.717) is 11.1 Å². The Kier molecular flexibility index (Phi) is 3.86. The quantitative estimate of drug-likeness (QED) is 0.495. The Labute approximate surface area is 107 Å². The largest absolute Gasteiger partial charge is 0.370 e. The minimum atomic E-state index is 0.513. The van der Waals surface area contributed by atoms with Crippen LogP contribution in [-0.2, 0) is 0 Å². The predicted octanol–water partition coefficient (Wildman–Crippen LogP) is 3.14. The lowest BCUT2D eigenvalue weighted by atomic mass is 10.3. The van der Waals surface area contributed by atoms with Crippen LogP contribution in [0.25, 0.3) is 0 Å². The molecule has 1 aliphatic rings. The topological polar surface area (TPSA) is 37.8 Å². The normalized spacial score (nSPS) is 14.4. The average molecular weight is 250 g/mol. The fourth-order valence-corrected chi connectivity index (χ4v) is 1.78. The first-order valence-electron chi connectivity index (χ1n) is 5.93. The van der Waals surface area contributed by atoms with Crippen molar-refractivity contribution >= 4 is 17.4 Å². The van der Waals surface area contributed by atoms with Crippen LogP contribution in [-0.4, -0.2) is 16.5 Å². The maximum Gasteiger partial charge on any atom is 0.137 e. The molecule has 0 unspecified atom stereocenters. The van der Waals surface area contributed by atoms with Crippen molar-refractivity contribution in [2.45, 2.75) is 38.5 Å². The summed E-state index contributed by atoms with van der Waals surface area (Å²) in [6.45, 7) is 2.75. The van der Waals surface area contributed by atoms with Crippen LogP contribution in [0.3, 0.4) is 0 Å². The molecule has 0 spiro atoms. The van der Waals surface area contributed by atoms with Crippen molar-refractivity contribution in [3.05, 3.63) is 16.5 Å². The average Bonchev–Trinajstić information content (AvgIpc) is 3.13. The van der Waals surface area contributed by atoms with Crippen molar-refractivity contribution in [3.8, 4) is 12.3 Å². The standard InChI is InChI=1S/C13H16ClN3/c1-3-4-5-8-15-12-9(2)11(14)16-13(17-12)10-6-7-10/h1,10H,4-8H2,2H3,(H,15,16,17). The summed E-state index contributed by atoms with van der Waals surface area (Å²) in [5.41, 5.74) is 0.914. The van der Waals surface area contributed by atoms with Gasteiger partial charge in [-0.2, -0.15) is 0 Å². The van der Waals surface area contributed by atoms with Crippen molar-refractivity contribution in [1.82, 2.24) is 9.97 Å². The van der Waals surface area contributed by atoms with Gasteiger partial charge in [-0.1, -0.05) is 11.6 Å². The Hall–Kier alpha value is -1.27. The number of nitrogens with zero attached hydrogens (tertiary/aromatic N) is 2. The van der Waals surface area contributed by atoms with E-state index < -0.39 is 0 Å². The maximum atomic E-state index is 6.11. The van der Waals surface area contributed by atoms with Gasteiger partial charge in [0, 0.05) is 24.4 Å². The third kappa shape index (κ3) is 3.10. The number of rotatable bonds is 5. The molecule has 17 heavy (non-hydrogen) atoms. The molecule has 1 aliphatic carbocycles. The van der Waals surface area contributed by atoms with Crippen LogP contribution in [0.2, 0.25) is 5.15 Å². The van der Waals surface area contributed by atoms with Crippen LogP contribution in [0.5, 0.6) is 0 Å². The van der Waals surface area contributed by atoms with Gasteiger partial charge in [0.2, 0.25) is 0 Å². The molecule has 0 atom stereocenters. The Bertz CT molecular complexity index is 447. The summed E-state index contributed by atoms with van der Waals surface area (Å²) in [6.07, 6.45) is 9.28. The van der Waals surface area contributed by atoms with Crippen LogP contribution < -0.4 is 5.32 Å². The summed E-state index contributed by atoms with van der Waals surface area (Å²) in [5.74, 6) is 4.86. The molecule has 1 N–H and O–H groups in total. The van der Waals surface area contributed by atoms with Crippen LogP contribution >= 0.6 is 11.6 Å². The number of aromatic nitrogens is 2. The van der Waals surface area contributed by atoms with E-state index >= 15 is 0 Å². The van der Waals surface area contributed by atoms with Gasteiger partial charge in [0.05, 0.1) is 0 Å². The molecular formula is C13H16ClN3. The molecule has 0 bridgehead atoms. The maximum absolute atomic E-state index is 6.11. The zero-order chi connectivity index (χ0) is 12.3. The molecule has 1 aromatic heterocycles. The van der Waals surface area contributed by atoms with E-state index in [1.54, 1.807) is 0 Å². The van der Waals surface area contributed by atoms with Crippen LogP contribution in [0.4, 0.5) is 5.82 Å². The molecule has 0 aromatic carbocycles. The molecule has 0 radical (unpaired) electrons. The lowest BCUT2D eigenvalue weighted by Crippen LogP contribution is -2.08. The first kappa shape index (κ1) is 12.2. The molecule has 4 heteroatoms. The number of nitrogens with one attached hydrogen (secondary N) is 1. The molecule has 1 aromatic rings. The highest BCUT2D eigenvalue weighted by molar-refractivity contribution is 6.30. The summed E-state index contributed by atoms with van der Waals surface area (Å²) < 4.78 is 0. The first-order valence-corrected chi connectivity index (χ1v) is 6.31. The van der Waals surface area contributed by atoms with Gasteiger partial charge in [0.15, 0.2) is 0 Å². The molecule has 0 saturated heterocycles. The Morgan fingerprint density at radius 2 is 2.24 bits per heavy atom. The molecule has 1 heterocycles. The van der Waals surface area contributed by atoms with E-state index in [9.17, 15) is 0 Å². The first-order chi connectivity index (χ1) is 8.22. The van der Waals surface area contributed by atoms with Gasteiger partial charge in [0.1, 0.15) is 16.8 Å². The van der Waals surface area contributed by atoms with Crippen molar-refractivity contribution < 1.29 is 0 Å². The predicted molar refractivity (Wildman–Crippen MR) is 70.3 cm³/mol. The van der Waals surface area contributed by atoms with E-state index in [-0.39, 0.29) is 0 Å². The molecule has 3 nitrogen and oxygen atoms in total. The van der Waals surface area contributed by atoms with Crippen LogP contribution in [0.15, 0.2) is 0 Å². The number of terminal acetylenes is 1.